The minimum absolute atomic E-state index is 0.151. The lowest BCUT2D eigenvalue weighted by Gasteiger charge is -2.20. The molecule has 0 aromatic heterocycles. The third kappa shape index (κ3) is 35.0. The van der Waals surface area contributed by atoms with Crippen molar-refractivity contribution < 1.29 is 47.5 Å². The van der Waals surface area contributed by atoms with Gasteiger partial charge in [-0.1, -0.05) is 128 Å². The van der Waals surface area contributed by atoms with Crippen molar-refractivity contribution in [3.8, 4) is 0 Å². The molecular weight excluding hydrogens is 685 g/mol. The molecule has 11 nitrogen and oxygen atoms in total. The highest BCUT2D eigenvalue weighted by Gasteiger charge is 2.28. The van der Waals surface area contributed by atoms with Crippen LogP contribution in [0.2, 0.25) is 0 Å². The number of carboxylic acids is 1. The van der Waals surface area contributed by atoms with Crippen LogP contribution in [-0.4, -0.2) is 59.9 Å². The molecule has 0 aliphatic heterocycles. The highest BCUT2D eigenvalue weighted by molar-refractivity contribution is 7.47. The smallest absolute Gasteiger partial charge is 0.472 e. The maximum atomic E-state index is 12.6. The third-order valence-electron chi connectivity index (χ3n) is 8.67. The lowest BCUT2D eigenvalue weighted by Crippen LogP contribution is -2.34. The van der Waals surface area contributed by atoms with Gasteiger partial charge in [0.2, 0.25) is 0 Å². The summed E-state index contributed by atoms with van der Waals surface area (Å²) in [5, 5.41) is 8.87. The summed E-state index contributed by atoms with van der Waals surface area (Å²) in [5.74, 6) is -2.40. The van der Waals surface area contributed by atoms with Crippen LogP contribution in [0.15, 0.2) is 24.3 Å². The number of carbonyl (C=O) groups excluding carboxylic acids is 2. The summed E-state index contributed by atoms with van der Waals surface area (Å²) in [7, 11) is -4.71. The van der Waals surface area contributed by atoms with Crippen molar-refractivity contribution in [3.05, 3.63) is 24.3 Å². The number of hydrogen-bond donors (Lipinski definition) is 3. The number of allylic oxidation sites excluding steroid dienone is 4. The zero-order valence-corrected chi connectivity index (χ0v) is 33.5. The SMILES string of the molecule is CCCCC/C=C\CCCCCCCC(=O)OCC(COP(=O)(O)OCC(N)C(=O)O)OC(=O)CCCCCCC/C=C\CCCCCCCCC. The molecule has 0 saturated carbocycles. The van der Waals surface area contributed by atoms with E-state index in [4.69, 9.17) is 24.8 Å². The Hall–Kier alpha value is -2.04. The molecule has 0 bridgehead atoms. The van der Waals surface area contributed by atoms with Crippen molar-refractivity contribution in [2.75, 3.05) is 19.8 Å². The van der Waals surface area contributed by atoms with Crippen LogP contribution in [0.5, 0.6) is 0 Å². The molecule has 0 aliphatic carbocycles. The number of carbonyl (C=O) groups is 3. The summed E-state index contributed by atoms with van der Waals surface area (Å²) in [6.07, 6.45) is 35.3. The average molecular weight is 760 g/mol. The zero-order valence-electron chi connectivity index (χ0n) is 32.7. The van der Waals surface area contributed by atoms with Gasteiger partial charge in [0.05, 0.1) is 13.2 Å². The number of aliphatic carboxylic acids is 1. The number of unbranched alkanes of at least 4 members (excludes halogenated alkanes) is 20. The number of phosphoric acid groups is 1. The van der Waals surface area contributed by atoms with Crippen molar-refractivity contribution in [2.45, 2.75) is 193 Å². The average Bonchev–Trinajstić information content (AvgIpc) is 3.12. The van der Waals surface area contributed by atoms with Crippen molar-refractivity contribution in [2.24, 2.45) is 5.73 Å². The normalized spacial score (nSPS) is 14.1. The van der Waals surface area contributed by atoms with Crippen LogP contribution in [0.3, 0.4) is 0 Å². The number of hydrogen-bond acceptors (Lipinski definition) is 9. The number of rotatable bonds is 38. The van der Waals surface area contributed by atoms with Gasteiger partial charge in [-0.25, -0.2) is 4.57 Å². The molecule has 0 fully saturated rings. The van der Waals surface area contributed by atoms with Gasteiger partial charge in [-0.3, -0.25) is 23.4 Å². The maximum absolute atomic E-state index is 12.6. The van der Waals surface area contributed by atoms with Gasteiger partial charge in [-0.15, -0.1) is 0 Å². The molecule has 3 unspecified atom stereocenters. The molecule has 0 aromatic carbocycles. The molecule has 0 amide bonds. The van der Waals surface area contributed by atoms with Crippen LogP contribution in [0.25, 0.3) is 0 Å². The molecule has 0 aromatic rings. The Morgan fingerprint density at radius 2 is 0.962 bits per heavy atom. The molecule has 52 heavy (non-hydrogen) atoms. The number of carboxylic acid groups (broad SMARTS) is 1. The van der Waals surface area contributed by atoms with E-state index in [1.807, 2.05) is 0 Å². The first kappa shape index (κ1) is 50.0. The summed E-state index contributed by atoms with van der Waals surface area (Å²) in [5.41, 5.74) is 5.32. The lowest BCUT2D eigenvalue weighted by molar-refractivity contribution is -0.161. The van der Waals surface area contributed by atoms with Crippen molar-refractivity contribution in [1.29, 1.82) is 0 Å². The molecular formula is C40H74NO10P. The van der Waals surface area contributed by atoms with E-state index in [9.17, 15) is 23.8 Å². The van der Waals surface area contributed by atoms with E-state index < -0.39 is 51.1 Å². The summed E-state index contributed by atoms with van der Waals surface area (Å²) >= 11 is 0. The number of esters is 2. The summed E-state index contributed by atoms with van der Waals surface area (Å²) < 4.78 is 32.6. The maximum Gasteiger partial charge on any atom is 0.472 e. The van der Waals surface area contributed by atoms with Crippen LogP contribution in [-0.2, 0) is 37.5 Å². The van der Waals surface area contributed by atoms with Crippen molar-refractivity contribution in [1.82, 2.24) is 0 Å². The quantitative estimate of drug-likeness (QED) is 0.0237. The molecule has 0 heterocycles. The van der Waals surface area contributed by atoms with Gasteiger partial charge in [0.15, 0.2) is 6.10 Å². The highest BCUT2D eigenvalue weighted by atomic mass is 31.2. The van der Waals surface area contributed by atoms with E-state index in [-0.39, 0.29) is 19.4 Å². The number of nitrogens with two attached hydrogens (primary N) is 1. The van der Waals surface area contributed by atoms with E-state index in [0.29, 0.717) is 12.8 Å². The third-order valence-corrected chi connectivity index (χ3v) is 9.62. The molecule has 304 valence electrons. The molecule has 0 rings (SSSR count). The van der Waals surface area contributed by atoms with E-state index in [1.165, 1.54) is 64.2 Å². The Kier molecular flexibility index (Phi) is 34.6. The summed E-state index contributed by atoms with van der Waals surface area (Å²) in [4.78, 5) is 45.8. The Morgan fingerprint density at radius 3 is 1.44 bits per heavy atom. The predicted octanol–water partition coefficient (Wildman–Crippen LogP) is 10.3. The highest BCUT2D eigenvalue weighted by Crippen LogP contribution is 2.43. The second kappa shape index (κ2) is 36.0. The van der Waals surface area contributed by atoms with Crippen LogP contribution < -0.4 is 5.73 Å². The van der Waals surface area contributed by atoms with Gasteiger partial charge in [0.25, 0.3) is 0 Å². The molecule has 4 N–H and O–H groups in total. The monoisotopic (exact) mass is 760 g/mol. The Labute approximate surface area is 315 Å². The Bertz CT molecular complexity index is 989. The van der Waals surface area contributed by atoms with E-state index >= 15 is 0 Å². The fraction of sp³-hybridized carbons (Fsp3) is 0.825. The van der Waals surface area contributed by atoms with Crippen LogP contribution >= 0.6 is 7.82 Å². The van der Waals surface area contributed by atoms with Gasteiger partial charge in [-0.05, 0) is 64.2 Å². The molecule has 0 spiro atoms. The van der Waals surface area contributed by atoms with E-state index in [2.05, 4.69) is 42.7 Å². The van der Waals surface area contributed by atoms with Crippen LogP contribution in [0.1, 0.15) is 181 Å². The van der Waals surface area contributed by atoms with Gasteiger partial charge in [0, 0.05) is 12.8 Å². The second-order valence-corrected chi connectivity index (χ2v) is 15.2. The first-order chi connectivity index (χ1) is 25.1. The minimum Gasteiger partial charge on any atom is -0.480 e. The fourth-order valence-electron chi connectivity index (χ4n) is 5.41. The van der Waals surface area contributed by atoms with E-state index in [0.717, 1.165) is 77.0 Å². The summed E-state index contributed by atoms with van der Waals surface area (Å²) in [6, 6.07) is -1.52. The molecule has 3 atom stereocenters. The van der Waals surface area contributed by atoms with Gasteiger partial charge in [0.1, 0.15) is 12.6 Å². The summed E-state index contributed by atoms with van der Waals surface area (Å²) in [6.45, 7) is 2.75. The second-order valence-electron chi connectivity index (χ2n) is 13.8. The minimum atomic E-state index is -4.71. The van der Waals surface area contributed by atoms with Gasteiger partial charge < -0.3 is 25.2 Å². The van der Waals surface area contributed by atoms with Gasteiger partial charge >= 0.3 is 25.7 Å². The first-order valence-electron chi connectivity index (χ1n) is 20.4. The number of ether oxygens (including phenoxy) is 2. The first-order valence-corrected chi connectivity index (χ1v) is 21.9. The molecule has 0 aliphatic rings. The fourth-order valence-corrected chi connectivity index (χ4v) is 6.18. The Morgan fingerprint density at radius 1 is 0.577 bits per heavy atom. The van der Waals surface area contributed by atoms with Crippen LogP contribution in [0.4, 0.5) is 0 Å². The van der Waals surface area contributed by atoms with Gasteiger partial charge in [-0.2, -0.15) is 0 Å². The topological polar surface area (TPSA) is 172 Å². The Balaban J connectivity index is 4.42. The standard InChI is InChI=1S/C40H74NO10P/c1-3-5-7-9-11-13-15-17-18-19-20-22-24-26-28-30-32-39(43)51-36(34-49-52(46,47)50-35-37(41)40(44)45)33-48-38(42)31-29-27-25-23-21-16-14-12-10-8-6-4-2/h12,14,18-19,36-37H,3-11,13,15-17,20-35,41H2,1-2H3,(H,44,45)(H,46,47)/b14-12-,19-18-. The van der Waals surface area contributed by atoms with E-state index in [1.54, 1.807) is 0 Å². The van der Waals surface area contributed by atoms with Crippen molar-refractivity contribution in [3.63, 3.8) is 0 Å². The lowest BCUT2D eigenvalue weighted by atomic mass is 10.1. The largest absolute Gasteiger partial charge is 0.480 e. The van der Waals surface area contributed by atoms with Crippen LogP contribution in [0, 0.1) is 0 Å². The van der Waals surface area contributed by atoms with Crippen molar-refractivity contribution >= 4 is 25.7 Å². The molecule has 0 radical (unpaired) electrons. The zero-order chi connectivity index (χ0) is 38.5. The predicted molar refractivity (Wildman–Crippen MR) is 208 cm³/mol. The molecule has 12 heteroatoms. The number of phosphoric ester groups is 1. The molecule has 0 saturated heterocycles.